The highest BCUT2D eigenvalue weighted by Gasteiger charge is 2.22. The number of benzene rings is 1. The highest BCUT2D eigenvalue weighted by molar-refractivity contribution is 5.74. The number of carbonyl (C=O) groups excluding carboxylic acids is 1. The molecular weight excluding hydrogens is 294 g/mol. The number of methoxy groups -OCH3 is 1. The molecule has 0 radical (unpaired) electrons. The van der Waals surface area contributed by atoms with Crippen molar-refractivity contribution in [3.63, 3.8) is 0 Å². The van der Waals surface area contributed by atoms with Crippen LogP contribution in [0.2, 0.25) is 0 Å². The van der Waals surface area contributed by atoms with Gasteiger partial charge in [-0.15, -0.1) is 0 Å². The fourth-order valence-corrected chi connectivity index (χ4v) is 2.59. The highest BCUT2D eigenvalue weighted by Crippen LogP contribution is 2.29. The zero-order chi connectivity index (χ0) is 16.7. The molecule has 2 rings (SSSR count). The number of amides is 2. The van der Waals surface area contributed by atoms with Crippen LogP contribution in [0.4, 0.5) is 10.5 Å². The van der Waals surface area contributed by atoms with Gasteiger partial charge in [-0.3, -0.25) is 0 Å². The maximum Gasteiger partial charge on any atom is 0.317 e. The van der Waals surface area contributed by atoms with Gasteiger partial charge in [0, 0.05) is 39.8 Å². The van der Waals surface area contributed by atoms with Crippen molar-refractivity contribution < 1.29 is 14.3 Å². The largest absolute Gasteiger partial charge is 0.489 e. The van der Waals surface area contributed by atoms with Gasteiger partial charge in [-0.2, -0.15) is 0 Å². The van der Waals surface area contributed by atoms with Crippen molar-refractivity contribution in [2.24, 2.45) is 0 Å². The number of piperazine rings is 1. The van der Waals surface area contributed by atoms with Gasteiger partial charge in [0.15, 0.2) is 0 Å². The van der Waals surface area contributed by atoms with E-state index < -0.39 is 0 Å². The molecule has 1 fully saturated rings. The van der Waals surface area contributed by atoms with Crippen LogP contribution in [0.3, 0.4) is 0 Å². The third kappa shape index (κ3) is 5.03. The van der Waals surface area contributed by atoms with Crippen LogP contribution in [-0.4, -0.2) is 63.5 Å². The van der Waals surface area contributed by atoms with Gasteiger partial charge >= 0.3 is 6.03 Å². The van der Waals surface area contributed by atoms with Crippen LogP contribution in [0.25, 0.3) is 0 Å². The van der Waals surface area contributed by atoms with Crippen molar-refractivity contribution in [3.05, 3.63) is 24.3 Å². The number of hydrogen-bond donors (Lipinski definition) is 1. The van der Waals surface area contributed by atoms with Crippen LogP contribution in [-0.2, 0) is 4.74 Å². The zero-order valence-corrected chi connectivity index (χ0v) is 14.2. The normalized spacial score (nSPS) is 15.0. The summed E-state index contributed by atoms with van der Waals surface area (Å²) in [6, 6.07) is 8.06. The Morgan fingerprint density at radius 1 is 1.22 bits per heavy atom. The van der Waals surface area contributed by atoms with E-state index in [9.17, 15) is 4.79 Å². The summed E-state index contributed by atoms with van der Waals surface area (Å²) in [6.07, 6.45) is 0.143. The van der Waals surface area contributed by atoms with Crippen LogP contribution < -0.4 is 15.0 Å². The first-order valence-electron chi connectivity index (χ1n) is 8.14. The van der Waals surface area contributed by atoms with Crippen LogP contribution in [0, 0.1) is 0 Å². The number of carbonyl (C=O) groups is 1. The SMILES string of the molecule is COCCNC(=O)N1CCN(c2ccccc2OC(C)C)CC1. The van der Waals surface area contributed by atoms with Gasteiger partial charge in [-0.25, -0.2) is 4.79 Å². The molecule has 0 aliphatic carbocycles. The molecule has 0 saturated carbocycles. The molecule has 1 aromatic carbocycles. The molecule has 1 aliphatic rings. The topological polar surface area (TPSA) is 54.0 Å². The standard InChI is InChI=1S/C17H27N3O3/c1-14(2)23-16-7-5-4-6-15(16)19-9-11-20(12-10-19)17(21)18-8-13-22-3/h4-7,14H,8-13H2,1-3H3,(H,18,21). The number of para-hydroxylation sites is 2. The number of rotatable bonds is 6. The van der Waals surface area contributed by atoms with Gasteiger partial charge in [-0.05, 0) is 26.0 Å². The Morgan fingerprint density at radius 3 is 2.57 bits per heavy atom. The lowest BCUT2D eigenvalue weighted by atomic mass is 10.2. The molecule has 0 aromatic heterocycles. The second-order valence-corrected chi connectivity index (χ2v) is 5.83. The molecule has 128 valence electrons. The number of urea groups is 1. The van der Waals surface area contributed by atoms with Crippen molar-refractivity contribution in [1.82, 2.24) is 10.2 Å². The van der Waals surface area contributed by atoms with E-state index in [2.05, 4.69) is 16.3 Å². The van der Waals surface area contributed by atoms with E-state index >= 15 is 0 Å². The van der Waals surface area contributed by atoms with Crippen LogP contribution in [0.15, 0.2) is 24.3 Å². The number of nitrogens with zero attached hydrogens (tertiary/aromatic N) is 2. The molecule has 1 N–H and O–H groups in total. The Hall–Kier alpha value is -1.95. The molecule has 6 nitrogen and oxygen atoms in total. The average molecular weight is 321 g/mol. The van der Waals surface area contributed by atoms with Gasteiger partial charge in [0.2, 0.25) is 0 Å². The Morgan fingerprint density at radius 2 is 1.91 bits per heavy atom. The fourth-order valence-electron chi connectivity index (χ4n) is 2.59. The van der Waals surface area contributed by atoms with Crippen LogP contribution >= 0.6 is 0 Å². The molecule has 0 atom stereocenters. The molecule has 2 amide bonds. The first-order valence-corrected chi connectivity index (χ1v) is 8.14. The summed E-state index contributed by atoms with van der Waals surface area (Å²) in [5.41, 5.74) is 1.10. The first-order chi connectivity index (χ1) is 11.1. The molecule has 1 heterocycles. The minimum absolute atomic E-state index is 0.0200. The summed E-state index contributed by atoms with van der Waals surface area (Å²) in [5.74, 6) is 0.903. The molecule has 6 heteroatoms. The molecule has 1 aliphatic heterocycles. The lowest BCUT2D eigenvalue weighted by Gasteiger charge is -2.36. The Balaban J connectivity index is 1.90. The monoisotopic (exact) mass is 321 g/mol. The summed E-state index contributed by atoms with van der Waals surface area (Å²) in [5, 5.41) is 2.86. The molecule has 1 saturated heterocycles. The van der Waals surface area contributed by atoms with E-state index in [1.165, 1.54) is 0 Å². The second-order valence-electron chi connectivity index (χ2n) is 5.83. The Bertz CT molecular complexity index is 500. The fraction of sp³-hybridized carbons (Fsp3) is 0.588. The minimum atomic E-state index is -0.0200. The summed E-state index contributed by atoms with van der Waals surface area (Å²) in [4.78, 5) is 16.2. The molecule has 23 heavy (non-hydrogen) atoms. The first kappa shape index (κ1) is 17.4. The number of ether oxygens (including phenoxy) is 2. The average Bonchev–Trinajstić information content (AvgIpc) is 2.55. The van der Waals surface area contributed by atoms with E-state index in [0.717, 1.165) is 24.5 Å². The molecule has 1 aromatic rings. The van der Waals surface area contributed by atoms with E-state index in [-0.39, 0.29) is 12.1 Å². The van der Waals surface area contributed by atoms with Gasteiger partial charge in [0.25, 0.3) is 0 Å². The van der Waals surface area contributed by atoms with Crippen molar-refractivity contribution in [1.29, 1.82) is 0 Å². The smallest absolute Gasteiger partial charge is 0.317 e. The minimum Gasteiger partial charge on any atom is -0.489 e. The van der Waals surface area contributed by atoms with E-state index in [1.807, 2.05) is 36.9 Å². The second kappa shape index (κ2) is 8.62. The quantitative estimate of drug-likeness (QED) is 0.814. The summed E-state index contributed by atoms with van der Waals surface area (Å²) in [7, 11) is 1.63. The highest BCUT2D eigenvalue weighted by atomic mass is 16.5. The van der Waals surface area contributed by atoms with Crippen LogP contribution in [0.1, 0.15) is 13.8 Å². The number of nitrogens with one attached hydrogen (secondary N) is 1. The molecule has 0 bridgehead atoms. The lowest BCUT2D eigenvalue weighted by Crippen LogP contribution is -2.52. The number of anilines is 1. The summed E-state index contributed by atoms with van der Waals surface area (Å²) in [6.45, 7) is 8.14. The van der Waals surface area contributed by atoms with Gasteiger partial charge in [0.1, 0.15) is 5.75 Å². The van der Waals surface area contributed by atoms with Gasteiger partial charge < -0.3 is 24.6 Å². The van der Waals surface area contributed by atoms with Crippen LogP contribution in [0.5, 0.6) is 5.75 Å². The van der Waals surface area contributed by atoms with Crippen molar-refractivity contribution in [3.8, 4) is 5.75 Å². The maximum atomic E-state index is 12.0. The molecule has 0 unspecified atom stereocenters. The summed E-state index contributed by atoms with van der Waals surface area (Å²) < 4.78 is 10.8. The third-order valence-electron chi connectivity index (χ3n) is 3.72. The molecular formula is C17H27N3O3. The van der Waals surface area contributed by atoms with Gasteiger partial charge in [-0.1, -0.05) is 12.1 Å². The predicted octanol–water partition coefficient (Wildman–Crippen LogP) is 1.95. The molecule has 0 spiro atoms. The Labute approximate surface area is 138 Å². The zero-order valence-electron chi connectivity index (χ0n) is 14.2. The predicted molar refractivity (Wildman–Crippen MR) is 91.3 cm³/mol. The number of hydrogen-bond acceptors (Lipinski definition) is 4. The van der Waals surface area contributed by atoms with E-state index in [1.54, 1.807) is 7.11 Å². The van der Waals surface area contributed by atoms with Crippen molar-refractivity contribution >= 4 is 11.7 Å². The maximum absolute atomic E-state index is 12.0. The van der Waals surface area contributed by atoms with Crippen molar-refractivity contribution in [2.75, 3.05) is 51.3 Å². The van der Waals surface area contributed by atoms with Crippen molar-refractivity contribution in [2.45, 2.75) is 20.0 Å². The van der Waals surface area contributed by atoms with Gasteiger partial charge in [0.05, 0.1) is 18.4 Å². The lowest BCUT2D eigenvalue weighted by molar-refractivity contribution is 0.177. The Kier molecular flexibility index (Phi) is 6.52. The van der Waals surface area contributed by atoms with E-state index in [4.69, 9.17) is 9.47 Å². The third-order valence-corrected chi connectivity index (χ3v) is 3.72. The van der Waals surface area contributed by atoms with E-state index in [0.29, 0.717) is 26.2 Å². The summed E-state index contributed by atoms with van der Waals surface area (Å²) >= 11 is 0.